The van der Waals surface area contributed by atoms with Gasteiger partial charge in [0.1, 0.15) is 6.54 Å². The van der Waals surface area contributed by atoms with Crippen molar-refractivity contribution >= 4 is 27.5 Å². The van der Waals surface area contributed by atoms with Crippen LogP contribution in [0, 0.1) is 13.8 Å². The van der Waals surface area contributed by atoms with Gasteiger partial charge >= 0.3 is 0 Å². The summed E-state index contributed by atoms with van der Waals surface area (Å²) in [5.41, 5.74) is 4.35. The van der Waals surface area contributed by atoms with Crippen LogP contribution in [0.1, 0.15) is 35.1 Å². The molecule has 2 amide bonds. The van der Waals surface area contributed by atoms with E-state index in [0.29, 0.717) is 18.7 Å². The highest BCUT2D eigenvalue weighted by atomic mass is 32.2. The Bertz CT molecular complexity index is 1340. The third-order valence-electron chi connectivity index (χ3n) is 6.45. The van der Waals surface area contributed by atoms with Crippen LogP contribution in [0.5, 0.6) is 0 Å². The molecule has 0 radical (unpaired) electrons. The summed E-state index contributed by atoms with van der Waals surface area (Å²) in [5, 5.41) is 2.84. The molecule has 0 atom stereocenters. The quantitative estimate of drug-likeness (QED) is 0.477. The van der Waals surface area contributed by atoms with E-state index in [1.54, 1.807) is 30.3 Å². The van der Waals surface area contributed by atoms with Crippen LogP contribution in [0.25, 0.3) is 0 Å². The molecule has 0 aromatic heterocycles. The van der Waals surface area contributed by atoms with Crippen molar-refractivity contribution in [2.24, 2.45) is 0 Å². The number of amides is 2. The molecule has 1 saturated heterocycles. The van der Waals surface area contributed by atoms with Crippen LogP contribution in [0.4, 0.5) is 5.69 Å². The molecule has 8 heteroatoms. The van der Waals surface area contributed by atoms with Gasteiger partial charge < -0.3 is 10.2 Å². The first kappa shape index (κ1) is 25.4. The second-order valence-electron chi connectivity index (χ2n) is 9.11. The highest BCUT2D eigenvalue weighted by Crippen LogP contribution is 2.25. The Labute approximate surface area is 212 Å². The molecule has 3 aromatic rings. The van der Waals surface area contributed by atoms with Gasteiger partial charge in [-0.25, -0.2) is 8.42 Å². The minimum absolute atomic E-state index is 0.128. The van der Waals surface area contributed by atoms with Crippen molar-refractivity contribution in [2.75, 3.05) is 17.4 Å². The van der Waals surface area contributed by atoms with Gasteiger partial charge in [-0.2, -0.15) is 0 Å². The number of carbonyl (C=O) groups excluding carboxylic acids is 2. The summed E-state index contributed by atoms with van der Waals surface area (Å²) < 4.78 is 28.1. The maximum Gasteiger partial charge on any atom is 0.264 e. The third kappa shape index (κ3) is 5.94. The number of nitrogens with zero attached hydrogens (tertiary/aromatic N) is 2. The zero-order chi connectivity index (χ0) is 25.7. The predicted octanol–water partition coefficient (Wildman–Crippen LogP) is 3.94. The minimum atomic E-state index is -3.94. The van der Waals surface area contributed by atoms with E-state index in [0.717, 1.165) is 39.5 Å². The fraction of sp³-hybridized carbons (Fsp3) is 0.286. The van der Waals surface area contributed by atoms with Gasteiger partial charge in [0, 0.05) is 26.1 Å². The number of anilines is 1. The maximum atomic E-state index is 13.5. The molecular formula is C28H31N3O4S. The standard InChI is InChI=1S/C28H31N3O4S/c1-21-10-15-25(17-22(21)2)31(36(34,35)26-7-4-3-5-8-26)20-27(32)29-18-23-11-13-24(14-12-23)19-30-16-6-9-28(30)33/h3-5,7-8,10-15,17H,6,9,16,18-20H2,1-2H3,(H,29,32). The fourth-order valence-electron chi connectivity index (χ4n) is 4.16. The number of nitrogens with one attached hydrogen (secondary N) is 1. The van der Waals surface area contributed by atoms with Crippen molar-refractivity contribution < 1.29 is 18.0 Å². The summed E-state index contributed by atoms with van der Waals surface area (Å²) >= 11 is 0. The second-order valence-corrected chi connectivity index (χ2v) is 11.0. The zero-order valence-corrected chi connectivity index (χ0v) is 21.4. The number of aryl methyl sites for hydroxylation is 2. The molecule has 0 unspecified atom stereocenters. The molecule has 1 N–H and O–H groups in total. The predicted molar refractivity (Wildman–Crippen MR) is 140 cm³/mol. The first-order valence-electron chi connectivity index (χ1n) is 12.0. The van der Waals surface area contributed by atoms with Gasteiger partial charge in [0.05, 0.1) is 10.6 Å². The number of carbonyl (C=O) groups is 2. The van der Waals surface area contributed by atoms with Crippen molar-refractivity contribution in [1.29, 1.82) is 0 Å². The van der Waals surface area contributed by atoms with E-state index in [-0.39, 0.29) is 23.9 Å². The molecule has 7 nitrogen and oxygen atoms in total. The molecule has 0 aliphatic carbocycles. The van der Waals surface area contributed by atoms with E-state index in [2.05, 4.69) is 5.32 Å². The number of sulfonamides is 1. The summed E-state index contributed by atoms with van der Waals surface area (Å²) in [6.45, 7) is 5.18. The highest BCUT2D eigenvalue weighted by molar-refractivity contribution is 7.92. The summed E-state index contributed by atoms with van der Waals surface area (Å²) in [7, 11) is -3.94. The molecule has 4 rings (SSSR count). The lowest BCUT2D eigenvalue weighted by Gasteiger charge is -2.25. The second kappa shape index (κ2) is 11.0. The molecule has 1 heterocycles. The van der Waals surface area contributed by atoms with Crippen molar-refractivity contribution in [3.05, 3.63) is 95.1 Å². The molecular weight excluding hydrogens is 474 g/mol. The topological polar surface area (TPSA) is 86.8 Å². The molecule has 0 spiro atoms. The lowest BCUT2D eigenvalue weighted by Crippen LogP contribution is -2.40. The molecule has 1 aliphatic rings. The van der Waals surface area contributed by atoms with Crippen LogP contribution in [0.15, 0.2) is 77.7 Å². The van der Waals surface area contributed by atoms with Crippen LogP contribution in [-0.2, 0) is 32.7 Å². The van der Waals surface area contributed by atoms with E-state index in [1.807, 2.05) is 49.1 Å². The smallest absolute Gasteiger partial charge is 0.264 e. The lowest BCUT2D eigenvalue weighted by atomic mass is 10.1. The van der Waals surface area contributed by atoms with E-state index in [1.165, 1.54) is 12.1 Å². The summed E-state index contributed by atoms with van der Waals surface area (Å²) in [6, 6.07) is 21.2. The number of hydrogen-bond acceptors (Lipinski definition) is 4. The van der Waals surface area contributed by atoms with Gasteiger partial charge in [-0.05, 0) is 66.8 Å². The van der Waals surface area contributed by atoms with Crippen molar-refractivity contribution in [2.45, 2.75) is 44.7 Å². The van der Waals surface area contributed by atoms with Crippen molar-refractivity contribution in [3.8, 4) is 0 Å². The van der Waals surface area contributed by atoms with Crippen molar-refractivity contribution in [1.82, 2.24) is 10.2 Å². The Kier molecular flexibility index (Phi) is 7.74. The van der Waals surface area contributed by atoms with Crippen LogP contribution in [-0.4, -0.2) is 38.2 Å². The van der Waals surface area contributed by atoms with E-state index >= 15 is 0 Å². The van der Waals surface area contributed by atoms with Gasteiger partial charge in [0.25, 0.3) is 10.0 Å². The monoisotopic (exact) mass is 505 g/mol. The van der Waals surface area contributed by atoms with Gasteiger partial charge in [0.2, 0.25) is 11.8 Å². The molecule has 188 valence electrons. The minimum Gasteiger partial charge on any atom is -0.350 e. The normalized spacial score (nSPS) is 13.6. The largest absolute Gasteiger partial charge is 0.350 e. The number of benzene rings is 3. The molecule has 0 saturated carbocycles. The third-order valence-corrected chi connectivity index (χ3v) is 8.24. The van der Waals surface area contributed by atoms with Gasteiger partial charge in [-0.3, -0.25) is 13.9 Å². The van der Waals surface area contributed by atoms with E-state index in [4.69, 9.17) is 0 Å². The van der Waals surface area contributed by atoms with Crippen molar-refractivity contribution in [3.63, 3.8) is 0 Å². The summed E-state index contributed by atoms with van der Waals surface area (Å²) in [6.07, 6.45) is 1.52. The summed E-state index contributed by atoms with van der Waals surface area (Å²) in [5.74, 6) is -0.218. The van der Waals surface area contributed by atoms with Gasteiger partial charge in [0.15, 0.2) is 0 Å². The Morgan fingerprint density at radius 2 is 1.64 bits per heavy atom. The fourth-order valence-corrected chi connectivity index (χ4v) is 5.59. The van der Waals surface area contributed by atoms with Crippen LogP contribution in [0.3, 0.4) is 0 Å². The molecule has 3 aromatic carbocycles. The van der Waals surface area contributed by atoms with E-state index < -0.39 is 15.9 Å². The van der Waals surface area contributed by atoms with Crippen LogP contribution < -0.4 is 9.62 Å². The molecule has 1 fully saturated rings. The first-order chi connectivity index (χ1) is 17.2. The maximum absolute atomic E-state index is 13.5. The SMILES string of the molecule is Cc1ccc(N(CC(=O)NCc2ccc(CN3CCCC3=O)cc2)S(=O)(=O)c2ccccc2)cc1C. The zero-order valence-electron chi connectivity index (χ0n) is 20.6. The van der Waals surface area contributed by atoms with Crippen LogP contribution >= 0.6 is 0 Å². The number of hydrogen-bond donors (Lipinski definition) is 1. The van der Waals surface area contributed by atoms with Crippen LogP contribution in [0.2, 0.25) is 0 Å². The average molecular weight is 506 g/mol. The van der Waals surface area contributed by atoms with Gasteiger partial charge in [-0.1, -0.05) is 48.5 Å². The van der Waals surface area contributed by atoms with Gasteiger partial charge in [-0.15, -0.1) is 0 Å². The van der Waals surface area contributed by atoms with E-state index in [9.17, 15) is 18.0 Å². The Morgan fingerprint density at radius 1 is 0.944 bits per heavy atom. The highest BCUT2D eigenvalue weighted by Gasteiger charge is 2.27. The molecule has 36 heavy (non-hydrogen) atoms. The first-order valence-corrected chi connectivity index (χ1v) is 13.5. The number of rotatable bonds is 9. The lowest BCUT2D eigenvalue weighted by molar-refractivity contribution is -0.128. The average Bonchev–Trinajstić information content (AvgIpc) is 3.28. The Hall–Kier alpha value is -3.65. The molecule has 1 aliphatic heterocycles. The molecule has 0 bridgehead atoms. The summed E-state index contributed by atoms with van der Waals surface area (Å²) in [4.78, 5) is 26.7. The Balaban J connectivity index is 1.45. The Morgan fingerprint density at radius 3 is 2.28 bits per heavy atom. The number of likely N-dealkylation sites (tertiary alicyclic amines) is 1.